The highest BCUT2D eigenvalue weighted by molar-refractivity contribution is 9.10. The molecule has 0 saturated carbocycles. The number of benzene rings is 1. The lowest BCUT2D eigenvalue weighted by Crippen LogP contribution is -1.93. The number of nitrogens with two attached hydrogens (primary N) is 1. The molecule has 1 heterocycles. The zero-order valence-electron chi connectivity index (χ0n) is 7.71. The second-order valence-electron chi connectivity index (χ2n) is 2.94. The van der Waals surface area contributed by atoms with Crippen molar-refractivity contribution in [2.45, 2.75) is 6.54 Å². The Labute approximate surface area is 99.1 Å². The lowest BCUT2D eigenvalue weighted by molar-refractivity contribution is 0.628. The quantitative estimate of drug-likeness (QED) is 0.921. The Bertz CT molecular complexity index is 467. The minimum Gasteiger partial charge on any atom is -0.325 e. The van der Waals surface area contributed by atoms with Gasteiger partial charge in [0.15, 0.2) is 0 Å². The Morgan fingerprint density at radius 1 is 1.33 bits per heavy atom. The van der Waals surface area contributed by atoms with E-state index in [1.165, 1.54) is 23.5 Å². The van der Waals surface area contributed by atoms with Gasteiger partial charge in [-0.1, -0.05) is 12.1 Å². The summed E-state index contributed by atoms with van der Waals surface area (Å²) in [5.74, 6) is -0.238. The first-order valence-electron chi connectivity index (χ1n) is 4.32. The van der Waals surface area contributed by atoms with Crippen LogP contribution in [0.5, 0.6) is 0 Å². The number of nitrogens with zero attached hydrogens (tertiary/aromatic N) is 1. The van der Waals surface area contributed by atoms with E-state index in [4.69, 9.17) is 5.73 Å². The van der Waals surface area contributed by atoms with Crippen molar-refractivity contribution in [3.8, 4) is 10.4 Å². The predicted molar refractivity (Wildman–Crippen MR) is 63.1 cm³/mol. The van der Waals surface area contributed by atoms with Gasteiger partial charge < -0.3 is 5.73 Å². The number of hydrogen-bond acceptors (Lipinski definition) is 3. The van der Waals surface area contributed by atoms with Gasteiger partial charge in [0.2, 0.25) is 0 Å². The molecule has 0 radical (unpaired) electrons. The molecule has 0 atom stereocenters. The van der Waals surface area contributed by atoms with Gasteiger partial charge in [-0.2, -0.15) is 0 Å². The minimum atomic E-state index is -0.238. The van der Waals surface area contributed by atoms with Gasteiger partial charge in [0.05, 0.1) is 4.88 Å². The third-order valence-electron chi connectivity index (χ3n) is 1.91. The van der Waals surface area contributed by atoms with E-state index in [-0.39, 0.29) is 5.82 Å². The molecule has 2 rings (SSSR count). The number of thiazole rings is 1. The summed E-state index contributed by atoms with van der Waals surface area (Å²) < 4.78 is 13.5. The van der Waals surface area contributed by atoms with Crippen LogP contribution in [0.4, 0.5) is 4.39 Å². The molecule has 0 aliphatic carbocycles. The number of rotatable bonds is 2. The summed E-state index contributed by atoms with van der Waals surface area (Å²) in [4.78, 5) is 5.23. The maximum absolute atomic E-state index is 12.7. The summed E-state index contributed by atoms with van der Waals surface area (Å²) in [7, 11) is 0. The van der Waals surface area contributed by atoms with Crippen LogP contribution in [0.3, 0.4) is 0 Å². The van der Waals surface area contributed by atoms with E-state index in [1.54, 1.807) is 12.1 Å². The normalized spacial score (nSPS) is 10.6. The molecule has 15 heavy (non-hydrogen) atoms. The smallest absolute Gasteiger partial charge is 0.125 e. The summed E-state index contributed by atoms with van der Waals surface area (Å²) >= 11 is 4.88. The molecule has 5 heteroatoms. The van der Waals surface area contributed by atoms with E-state index in [0.717, 1.165) is 20.1 Å². The Hall–Kier alpha value is -0.780. The summed E-state index contributed by atoms with van der Waals surface area (Å²) in [5, 5.41) is 0.862. The fraction of sp³-hybridized carbons (Fsp3) is 0.100. The van der Waals surface area contributed by atoms with Crippen molar-refractivity contribution in [2.75, 3.05) is 0 Å². The highest BCUT2D eigenvalue weighted by Crippen LogP contribution is 2.33. The molecule has 0 bridgehead atoms. The number of halogens is 2. The minimum absolute atomic E-state index is 0.238. The van der Waals surface area contributed by atoms with E-state index in [1.807, 2.05) is 0 Å². The Balaban J connectivity index is 2.44. The van der Waals surface area contributed by atoms with Crippen molar-refractivity contribution in [3.63, 3.8) is 0 Å². The summed E-state index contributed by atoms with van der Waals surface area (Å²) in [5.41, 5.74) is 6.45. The summed E-state index contributed by atoms with van der Waals surface area (Å²) in [6.45, 7) is 0.421. The molecule has 2 nitrogen and oxygen atoms in total. The van der Waals surface area contributed by atoms with Crippen LogP contribution in [-0.2, 0) is 6.54 Å². The number of aromatic nitrogens is 1. The third kappa shape index (κ3) is 2.25. The van der Waals surface area contributed by atoms with E-state index >= 15 is 0 Å². The van der Waals surface area contributed by atoms with E-state index in [0.29, 0.717) is 6.54 Å². The van der Waals surface area contributed by atoms with Crippen LogP contribution in [0.1, 0.15) is 5.01 Å². The average Bonchev–Trinajstić information content (AvgIpc) is 2.61. The maximum Gasteiger partial charge on any atom is 0.125 e. The lowest BCUT2D eigenvalue weighted by atomic mass is 10.2. The molecule has 0 saturated heterocycles. The molecular formula is C10H8BrFN2S. The molecule has 1 aromatic heterocycles. The molecule has 78 valence electrons. The molecule has 0 aliphatic rings. The second-order valence-corrected chi connectivity index (χ2v) is 4.77. The summed E-state index contributed by atoms with van der Waals surface area (Å²) in [6.07, 6.45) is 0. The molecule has 2 aromatic rings. The van der Waals surface area contributed by atoms with Crippen LogP contribution in [0, 0.1) is 5.82 Å². The molecular weight excluding hydrogens is 279 g/mol. The van der Waals surface area contributed by atoms with Crippen molar-refractivity contribution in [2.24, 2.45) is 5.73 Å². The molecule has 0 fully saturated rings. The molecule has 2 N–H and O–H groups in total. The maximum atomic E-state index is 12.7. The van der Waals surface area contributed by atoms with E-state index < -0.39 is 0 Å². The molecule has 0 amide bonds. The SMILES string of the molecule is NCc1nc(Br)c(-c2ccc(F)cc2)s1. The van der Waals surface area contributed by atoms with E-state index in [2.05, 4.69) is 20.9 Å². The second kappa shape index (κ2) is 4.38. The monoisotopic (exact) mass is 286 g/mol. The lowest BCUT2D eigenvalue weighted by Gasteiger charge is -1.96. The molecule has 0 aliphatic heterocycles. The molecule has 0 unspecified atom stereocenters. The van der Waals surface area contributed by atoms with Gasteiger partial charge in [-0.15, -0.1) is 11.3 Å². The van der Waals surface area contributed by atoms with Gasteiger partial charge in [0.25, 0.3) is 0 Å². The van der Waals surface area contributed by atoms with Crippen molar-refractivity contribution >= 4 is 27.3 Å². The standard InChI is InChI=1S/C10H8BrFN2S/c11-10-9(15-8(5-13)14-10)6-1-3-7(12)4-2-6/h1-4H,5,13H2. The average molecular weight is 287 g/mol. The van der Waals surface area contributed by atoms with Crippen LogP contribution in [-0.4, -0.2) is 4.98 Å². The Kier molecular flexibility index (Phi) is 3.14. The van der Waals surface area contributed by atoms with Crippen molar-refractivity contribution in [3.05, 3.63) is 39.7 Å². The Morgan fingerprint density at radius 2 is 2.00 bits per heavy atom. The highest BCUT2D eigenvalue weighted by Gasteiger charge is 2.09. The van der Waals surface area contributed by atoms with Crippen LogP contribution < -0.4 is 5.73 Å². The van der Waals surface area contributed by atoms with Crippen LogP contribution in [0.25, 0.3) is 10.4 Å². The van der Waals surface area contributed by atoms with Crippen LogP contribution in [0.2, 0.25) is 0 Å². The summed E-state index contributed by atoms with van der Waals surface area (Å²) in [6, 6.07) is 6.33. The van der Waals surface area contributed by atoms with Crippen LogP contribution >= 0.6 is 27.3 Å². The largest absolute Gasteiger partial charge is 0.325 e. The van der Waals surface area contributed by atoms with Crippen LogP contribution in [0.15, 0.2) is 28.9 Å². The molecule has 0 spiro atoms. The van der Waals surface area contributed by atoms with Gasteiger partial charge in [-0.3, -0.25) is 0 Å². The zero-order valence-corrected chi connectivity index (χ0v) is 10.1. The first-order chi connectivity index (χ1) is 7.20. The van der Waals surface area contributed by atoms with Gasteiger partial charge >= 0.3 is 0 Å². The zero-order chi connectivity index (χ0) is 10.8. The molecule has 1 aromatic carbocycles. The first-order valence-corrected chi connectivity index (χ1v) is 5.93. The fourth-order valence-electron chi connectivity index (χ4n) is 1.21. The predicted octanol–water partition coefficient (Wildman–Crippen LogP) is 3.17. The third-order valence-corrected chi connectivity index (χ3v) is 3.87. The van der Waals surface area contributed by atoms with Gasteiger partial charge in [-0.25, -0.2) is 9.37 Å². The number of hydrogen-bond donors (Lipinski definition) is 1. The van der Waals surface area contributed by atoms with Crippen molar-refractivity contribution in [1.82, 2.24) is 4.98 Å². The van der Waals surface area contributed by atoms with Crippen molar-refractivity contribution in [1.29, 1.82) is 0 Å². The van der Waals surface area contributed by atoms with Gasteiger partial charge in [0, 0.05) is 6.54 Å². The fourth-order valence-corrected chi connectivity index (χ4v) is 2.85. The van der Waals surface area contributed by atoms with E-state index in [9.17, 15) is 4.39 Å². The highest BCUT2D eigenvalue weighted by atomic mass is 79.9. The topological polar surface area (TPSA) is 38.9 Å². The van der Waals surface area contributed by atoms with Crippen molar-refractivity contribution < 1.29 is 4.39 Å². The van der Waals surface area contributed by atoms with Gasteiger partial charge in [-0.05, 0) is 33.6 Å². The van der Waals surface area contributed by atoms with Gasteiger partial charge in [0.1, 0.15) is 15.4 Å². The Morgan fingerprint density at radius 3 is 2.53 bits per heavy atom. The first kappa shape index (κ1) is 10.7.